The van der Waals surface area contributed by atoms with Crippen molar-refractivity contribution in [3.8, 4) is 11.5 Å². The molecule has 0 saturated heterocycles. The Morgan fingerprint density at radius 3 is 1.79 bits per heavy atom. The van der Waals surface area contributed by atoms with Crippen molar-refractivity contribution in [1.29, 1.82) is 0 Å². The summed E-state index contributed by atoms with van der Waals surface area (Å²) in [4.78, 5) is 12.7. The lowest BCUT2D eigenvalue weighted by Crippen LogP contribution is -2.39. The fraction of sp³-hybridized carbons (Fsp3) is 0.533. The highest BCUT2D eigenvalue weighted by atomic mass is 16.5. The van der Waals surface area contributed by atoms with Crippen molar-refractivity contribution >= 4 is 5.78 Å². The van der Waals surface area contributed by atoms with Gasteiger partial charge in [0.25, 0.3) is 0 Å². The molecule has 4 heteroatoms. The van der Waals surface area contributed by atoms with Crippen LogP contribution >= 0.6 is 0 Å². The van der Waals surface area contributed by atoms with E-state index >= 15 is 0 Å². The van der Waals surface area contributed by atoms with Crippen LogP contribution in [0.15, 0.2) is 18.2 Å². The molecule has 19 heavy (non-hydrogen) atoms. The van der Waals surface area contributed by atoms with Crippen molar-refractivity contribution in [2.45, 2.75) is 32.3 Å². The highest BCUT2D eigenvalue weighted by Gasteiger charge is 2.35. The number of carbonyl (C=O) groups is 1. The number of methoxy groups -OCH3 is 3. The SMILES string of the molecule is CCC(CC)(OC)C(=O)c1cc(OC)cc(OC)c1. The first-order valence-corrected chi connectivity index (χ1v) is 6.39. The molecule has 1 aromatic carbocycles. The van der Waals surface area contributed by atoms with Gasteiger partial charge in [-0.05, 0) is 25.0 Å². The lowest BCUT2D eigenvalue weighted by molar-refractivity contribution is -0.00264. The van der Waals surface area contributed by atoms with Gasteiger partial charge in [0.2, 0.25) is 0 Å². The summed E-state index contributed by atoms with van der Waals surface area (Å²) >= 11 is 0. The average Bonchev–Trinajstić information content (AvgIpc) is 2.48. The van der Waals surface area contributed by atoms with E-state index in [-0.39, 0.29) is 5.78 Å². The number of ether oxygens (including phenoxy) is 3. The van der Waals surface area contributed by atoms with Gasteiger partial charge in [0.05, 0.1) is 14.2 Å². The van der Waals surface area contributed by atoms with Crippen molar-refractivity contribution in [2.24, 2.45) is 0 Å². The standard InChI is InChI=1S/C15H22O4/c1-6-15(7-2,19-5)14(16)11-8-12(17-3)10-13(9-11)18-4/h8-10H,6-7H2,1-5H3. The van der Waals surface area contributed by atoms with Crippen LogP contribution in [0.5, 0.6) is 11.5 Å². The van der Waals surface area contributed by atoms with E-state index in [1.54, 1.807) is 39.5 Å². The third-order valence-corrected chi connectivity index (χ3v) is 3.56. The maximum absolute atomic E-state index is 12.7. The van der Waals surface area contributed by atoms with Crippen LogP contribution in [0.4, 0.5) is 0 Å². The molecule has 0 unspecified atom stereocenters. The smallest absolute Gasteiger partial charge is 0.194 e. The Bertz CT molecular complexity index is 405. The zero-order valence-corrected chi connectivity index (χ0v) is 12.3. The molecule has 0 aromatic heterocycles. The van der Waals surface area contributed by atoms with Crippen molar-refractivity contribution in [3.05, 3.63) is 23.8 Å². The van der Waals surface area contributed by atoms with Crippen molar-refractivity contribution in [1.82, 2.24) is 0 Å². The number of ketones is 1. The fourth-order valence-corrected chi connectivity index (χ4v) is 2.15. The van der Waals surface area contributed by atoms with Gasteiger partial charge < -0.3 is 14.2 Å². The first kappa shape index (κ1) is 15.5. The van der Waals surface area contributed by atoms with Crippen LogP contribution in [0.25, 0.3) is 0 Å². The summed E-state index contributed by atoms with van der Waals surface area (Å²) in [7, 11) is 4.70. The molecule has 0 aliphatic carbocycles. The molecule has 0 amide bonds. The largest absolute Gasteiger partial charge is 0.497 e. The zero-order chi connectivity index (χ0) is 14.5. The molecule has 0 spiro atoms. The maximum atomic E-state index is 12.7. The topological polar surface area (TPSA) is 44.8 Å². The first-order chi connectivity index (χ1) is 9.06. The third kappa shape index (κ3) is 3.07. The normalized spacial score (nSPS) is 11.2. The first-order valence-electron chi connectivity index (χ1n) is 6.39. The summed E-state index contributed by atoms with van der Waals surface area (Å²) in [6, 6.07) is 5.16. The van der Waals surface area contributed by atoms with Gasteiger partial charge in [0.1, 0.15) is 17.1 Å². The molecule has 106 valence electrons. The van der Waals surface area contributed by atoms with Gasteiger partial charge in [-0.1, -0.05) is 13.8 Å². The molecule has 1 aromatic rings. The van der Waals surface area contributed by atoms with Crippen LogP contribution in [0.1, 0.15) is 37.0 Å². The lowest BCUT2D eigenvalue weighted by Gasteiger charge is -2.28. The Labute approximate surface area is 114 Å². The predicted octanol–water partition coefficient (Wildman–Crippen LogP) is 3.09. The quantitative estimate of drug-likeness (QED) is 0.711. The Kier molecular flexibility index (Phi) is 5.36. The number of benzene rings is 1. The van der Waals surface area contributed by atoms with E-state index < -0.39 is 5.60 Å². The van der Waals surface area contributed by atoms with E-state index in [1.165, 1.54) is 0 Å². The molecule has 0 N–H and O–H groups in total. The van der Waals surface area contributed by atoms with Crippen molar-refractivity contribution < 1.29 is 19.0 Å². The second-order valence-corrected chi connectivity index (χ2v) is 4.34. The molecule has 0 bridgehead atoms. The minimum atomic E-state index is -0.780. The summed E-state index contributed by atoms with van der Waals surface area (Å²) in [5.41, 5.74) is -0.237. The van der Waals surface area contributed by atoms with E-state index in [1.807, 2.05) is 13.8 Å². The van der Waals surface area contributed by atoms with Crippen LogP contribution in [0, 0.1) is 0 Å². The number of hydrogen-bond donors (Lipinski definition) is 0. The van der Waals surface area contributed by atoms with Gasteiger partial charge in [0.15, 0.2) is 5.78 Å². The van der Waals surface area contributed by atoms with Crippen LogP contribution < -0.4 is 9.47 Å². The molecule has 0 fully saturated rings. The zero-order valence-electron chi connectivity index (χ0n) is 12.3. The Hall–Kier alpha value is -1.55. The van der Waals surface area contributed by atoms with E-state index in [2.05, 4.69) is 0 Å². The van der Waals surface area contributed by atoms with E-state index in [0.29, 0.717) is 29.9 Å². The van der Waals surface area contributed by atoms with Gasteiger partial charge >= 0.3 is 0 Å². The minimum Gasteiger partial charge on any atom is -0.497 e. The molecule has 0 heterocycles. The van der Waals surface area contributed by atoms with Crippen LogP contribution in [0.3, 0.4) is 0 Å². The fourth-order valence-electron chi connectivity index (χ4n) is 2.15. The Morgan fingerprint density at radius 2 is 1.47 bits per heavy atom. The minimum absolute atomic E-state index is 0.0443. The molecule has 0 saturated carbocycles. The molecule has 4 nitrogen and oxygen atoms in total. The Balaban J connectivity index is 3.24. The van der Waals surface area contributed by atoms with Gasteiger partial charge in [-0.3, -0.25) is 4.79 Å². The molecular weight excluding hydrogens is 244 g/mol. The number of Topliss-reactive ketones (excluding diaryl/α,β-unsaturated/α-hetero) is 1. The van der Waals surface area contributed by atoms with Gasteiger partial charge in [-0.25, -0.2) is 0 Å². The molecule has 0 atom stereocenters. The highest BCUT2D eigenvalue weighted by Crippen LogP contribution is 2.29. The van der Waals surface area contributed by atoms with Gasteiger partial charge in [0, 0.05) is 18.7 Å². The monoisotopic (exact) mass is 266 g/mol. The predicted molar refractivity (Wildman–Crippen MR) is 74.2 cm³/mol. The summed E-state index contributed by atoms with van der Waals surface area (Å²) < 4.78 is 15.8. The molecular formula is C15H22O4. The van der Waals surface area contributed by atoms with E-state index in [0.717, 1.165) is 0 Å². The summed E-state index contributed by atoms with van der Waals surface area (Å²) in [5, 5.41) is 0. The van der Waals surface area contributed by atoms with Crippen LogP contribution in [0.2, 0.25) is 0 Å². The second kappa shape index (κ2) is 6.57. The van der Waals surface area contributed by atoms with Crippen LogP contribution in [-0.4, -0.2) is 32.7 Å². The van der Waals surface area contributed by atoms with Gasteiger partial charge in [-0.2, -0.15) is 0 Å². The Morgan fingerprint density at radius 1 is 1.00 bits per heavy atom. The summed E-state index contributed by atoms with van der Waals surface area (Å²) in [6.07, 6.45) is 1.25. The van der Waals surface area contributed by atoms with Crippen LogP contribution in [-0.2, 0) is 4.74 Å². The van der Waals surface area contributed by atoms with Crippen molar-refractivity contribution in [3.63, 3.8) is 0 Å². The van der Waals surface area contributed by atoms with Crippen molar-refractivity contribution in [2.75, 3.05) is 21.3 Å². The highest BCUT2D eigenvalue weighted by molar-refractivity contribution is 6.03. The number of rotatable bonds is 7. The number of carbonyl (C=O) groups excluding carboxylic acids is 1. The lowest BCUT2D eigenvalue weighted by atomic mass is 9.87. The summed E-state index contributed by atoms with van der Waals surface area (Å²) in [5.74, 6) is 1.15. The number of hydrogen-bond acceptors (Lipinski definition) is 4. The molecule has 0 aliphatic rings. The van der Waals surface area contributed by atoms with E-state index in [4.69, 9.17) is 14.2 Å². The van der Waals surface area contributed by atoms with Gasteiger partial charge in [-0.15, -0.1) is 0 Å². The summed E-state index contributed by atoms with van der Waals surface area (Å²) in [6.45, 7) is 3.89. The molecule has 0 radical (unpaired) electrons. The average molecular weight is 266 g/mol. The molecule has 0 aliphatic heterocycles. The molecule has 1 rings (SSSR count). The third-order valence-electron chi connectivity index (χ3n) is 3.56. The maximum Gasteiger partial charge on any atom is 0.194 e. The van der Waals surface area contributed by atoms with E-state index in [9.17, 15) is 4.79 Å². The second-order valence-electron chi connectivity index (χ2n) is 4.34.